The fourth-order valence-corrected chi connectivity index (χ4v) is 10.1. The number of unbranched alkanes of at least 4 members (excludes halogenated alkanes) is 1. The maximum absolute atomic E-state index is 7.50. The molecule has 4 aromatic rings. The lowest BCUT2D eigenvalue weighted by molar-refractivity contribution is 0.593. The van der Waals surface area contributed by atoms with Crippen LogP contribution >= 0.6 is 47.0 Å². The van der Waals surface area contributed by atoms with Gasteiger partial charge < -0.3 is 11.5 Å². The van der Waals surface area contributed by atoms with Crippen molar-refractivity contribution in [2.45, 2.75) is 122 Å². The summed E-state index contributed by atoms with van der Waals surface area (Å²) in [6, 6.07) is 36.1. The standard InChI is InChI=1S/C44H62B2N2S4/c1-5-25-49-39-19-11-15-35(29-39)43(47,36-16-12-20-40(30-36)50-26-6-2)33-45-23-9-10-24-46-34-44(48,37-17-13-21-41(31-37)51-27-7-3)38-18-14-22-42(32-38)52-28-8-4/h11-22,29-32,45-46H,5-10,23-28,33-34,47-48H2,1-4H3. The van der Waals surface area contributed by atoms with E-state index in [1.165, 1.54) is 93.0 Å². The third-order valence-electron chi connectivity index (χ3n) is 9.68. The van der Waals surface area contributed by atoms with Crippen LogP contribution in [0.4, 0.5) is 0 Å². The van der Waals surface area contributed by atoms with Gasteiger partial charge in [0.25, 0.3) is 0 Å². The first-order valence-electron chi connectivity index (χ1n) is 19.9. The zero-order valence-corrected chi connectivity index (χ0v) is 35.6. The van der Waals surface area contributed by atoms with Crippen molar-refractivity contribution in [3.05, 3.63) is 119 Å². The number of hydrogen-bond acceptors (Lipinski definition) is 6. The third-order valence-corrected chi connectivity index (χ3v) is 14.5. The molecule has 278 valence electrons. The molecule has 4 N–H and O–H groups in total. The number of benzene rings is 4. The van der Waals surface area contributed by atoms with Gasteiger partial charge >= 0.3 is 0 Å². The van der Waals surface area contributed by atoms with Crippen LogP contribution in [0.2, 0.25) is 25.3 Å². The summed E-state index contributed by atoms with van der Waals surface area (Å²) in [5.41, 5.74) is 18.9. The molecule has 0 saturated heterocycles. The van der Waals surface area contributed by atoms with Crippen molar-refractivity contribution in [2.75, 3.05) is 23.0 Å². The topological polar surface area (TPSA) is 52.0 Å². The van der Waals surface area contributed by atoms with Crippen LogP contribution in [0.3, 0.4) is 0 Å². The molecule has 0 amide bonds. The molecule has 0 atom stereocenters. The summed E-state index contributed by atoms with van der Waals surface area (Å²) in [6.45, 7) is 8.98. The van der Waals surface area contributed by atoms with E-state index in [9.17, 15) is 0 Å². The van der Waals surface area contributed by atoms with Crippen molar-refractivity contribution in [2.24, 2.45) is 11.5 Å². The molecule has 0 aliphatic carbocycles. The summed E-state index contributed by atoms with van der Waals surface area (Å²) in [5, 5.41) is 0. The smallest absolute Gasteiger partial charge is 0.123 e. The van der Waals surface area contributed by atoms with Crippen LogP contribution in [0.1, 0.15) is 88.5 Å². The van der Waals surface area contributed by atoms with E-state index in [-0.39, 0.29) is 0 Å². The molecule has 8 heteroatoms. The second-order valence-corrected chi connectivity index (χ2v) is 18.7. The largest absolute Gasteiger partial charge is 0.318 e. The van der Waals surface area contributed by atoms with Crippen molar-refractivity contribution in [3.8, 4) is 0 Å². The second kappa shape index (κ2) is 23.3. The monoisotopic (exact) mass is 768 g/mol. The second-order valence-electron chi connectivity index (χ2n) is 14.1. The molecule has 0 bridgehead atoms. The molecular formula is C44H62B2N2S4. The van der Waals surface area contributed by atoms with E-state index in [0.717, 1.165) is 50.2 Å². The molecule has 52 heavy (non-hydrogen) atoms. The fourth-order valence-electron chi connectivity index (χ4n) is 6.76. The van der Waals surface area contributed by atoms with Crippen molar-refractivity contribution in [1.82, 2.24) is 0 Å². The minimum atomic E-state index is -0.501. The van der Waals surface area contributed by atoms with Crippen LogP contribution in [0.15, 0.2) is 117 Å². The highest BCUT2D eigenvalue weighted by atomic mass is 32.2. The van der Waals surface area contributed by atoms with E-state index < -0.39 is 11.1 Å². The molecule has 0 aliphatic rings. The molecule has 0 saturated carbocycles. The van der Waals surface area contributed by atoms with Gasteiger partial charge in [-0.05, 0) is 119 Å². The van der Waals surface area contributed by atoms with E-state index >= 15 is 0 Å². The quantitative estimate of drug-likeness (QED) is 0.0398. The Morgan fingerprint density at radius 1 is 0.442 bits per heavy atom. The number of hydrogen-bond donors (Lipinski definition) is 2. The molecule has 2 nitrogen and oxygen atoms in total. The van der Waals surface area contributed by atoms with Crippen LogP contribution in [-0.2, 0) is 11.1 Å². The highest BCUT2D eigenvalue weighted by molar-refractivity contribution is 8.00. The van der Waals surface area contributed by atoms with Gasteiger partial charge in [-0.2, -0.15) is 0 Å². The lowest BCUT2D eigenvalue weighted by Gasteiger charge is -2.32. The molecule has 0 unspecified atom stereocenters. The minimum absolute atomic E-state index is 0.501. The van der Waals surface area contributed by atoms with Crippen molar-refractivity contribution < 1.29 is 0 Å². The Hall–Kier alpha value is -1.67. The maximum Gasteiger partial charge on any atom is 0.123 e. The highest BCUT2D eigenvalue weighted by Crippen LogP contribution is 2.37. The van der Waals surface area contributed by atoms with Gasteiger partial charge in [0.1, 0.15) is 14.6 Å². The van der Waals surface area contributed by atoms with Crippen molar-refractivity contribution in [3.63, 3.8) is 0 Å². The summed E-state index contributed by atoms with van der Waals surface area (Å²) < 4.78 is 0. The normalized spacial score (nSPS) is 11.9. The van der Waals surface area contributed by atoms with Gasteiger partial charge in [0.05, 0.1) is 11.1 Å². The van der Waals surface area contributed by atoms with Gasteiger partial charge in [0, 0.05) is 19.6 Å². The highest BCUT2D eigenvalue weighted by Gasteiger charge is 2.31. The molecule has 0 fully saturated rings. The number of thioether (sulfide) groups is 4. The maximum atomic E-state index is 7.50. The molecule has 4 rings (SSSR count). The molecule has 4 aromatic carbocycles. The van der Waals surface area contributed by atoms with E-state index in [2.05, 4.69) is 125 Å². The van der Waals surface area contributed by atoms with E-state index in [1.54, 1.807) is 0 Å². The SMILES string of the molecule is CCCSc1cccc(C(N)(CBCCCCBCC(N)(c2cccc(SCCC)c2)c2cccc(SCCC)c2)c2cccc(SCCC)c2)c1. The minimum Gasteiger partial charge on any atom is -0.318 e. The summed E-state index contributed by atoms with van der Waals surface area (Å²) in [7, 11) is 2.22. The Bertz CT molecular complexity index is 1390. The average molecular weight is 769 g/mol. The first-order chi connectivity index (χ1) is 25.4. The van der Waals surface area contributed by atoms with Crippen LogP contribution < -0.4 is 11.5 Å². The summed E-state index contributed by atoms with van der Waals surface area (Å²) in [6.07, 6.45) is 11.4. The summed E-state index contributed by atoms with van der Waals surface area (Å²) >= 11 is 7.74. The van der Waals surface area contributed by atoms with Crippen LogP contribution in [0.25, 0.3) is 0 Å². The van der Waals surface area contributed by atoms with Crippen molar-refractivity contribution >= 4 is 61.6 Å². The zero-order valence-electron chi connectivity index (χ0n) is 32.3. The molecule has 0 spiro atoms. The van der Waals surface area contributed by atoms with Gasteiger partial charge in [0.2, 0.25) is 0 Å². The van der Waals surface area contributed by atoms with Crippen molar-refractivity contribution in [1.29, 1.82) is 0 Å². The van der Waals surface area contributed by atoms with E-state index in [4.69, 9.17) is 11.5 Å². The lowest BCUT2D eigenvalue weighted by atomic mass is 9.58. The molecule has 0 radical (unpaired) electrons. The first kappa shape index (κ1) is 43.1. The Morgan fingerprint density at radius 3 is 0.962 bits per heavy atom. The molecule has 0 aliphatic heterocycles. The van der Waals surface area contributed by atoms with Gasteiger partial charge in [-0.15, -0.1) is 47.0 Å². The molecule has 0 aromatic heterocycles. The van der Waals surface area contributed by atoms with E-state index in [0.29, 0.717) is 0 Å². The van der Waals surface area contributed by atoms with Crippen LogP contribution in [0.5, 0.6) is 0 Å². The molecule has 0 heterocycles. The fraction of sp³-hybridized carbons (Fsp3) is 0.455. The predicted molar refractivity (Wildman–Crippen MR) is 243 cm³/mol. The van der Waals surface area contributed by atoms with Gasteiger partial charge in [-0.1, -0.05) is 114 Å². The average Bonchev–Trinajstić information content (AvgIpc) is 3.18. The number of nitrogens with two attached hydrogens (primary N) is 2. The first-order valence-corrected chi connectivity index (χ1v) is 23.8. The molecular weight excluding hydrogens is 706 g/mol. The zero-order chi connectivity index (χ0) is 37.1. The lowest BCUT2D eigenvalue weighted by Crippen LogP contribution is -2.39. The van der Waals surface area contributed by atoms with Gasteiger partial charge in [-0.3, -0.25) is 0 Å². The van der Waals surface area contributed by atoms with E-state index in [1.807, 2.05) is 47.0 Å². The Morgan fingerprint density at radius 2 is 0.712 bits per heavy atom. The Labute approximate surface area is 335 Å². The Balaban J connectivity index is 1.40. The van der Waals surface area contributed by atoms with Gasteiger partial charge in [0.15, 0.2) is 0 Å². The van der Waals surface area contributed by atoms with Gasteiger partial charge in [-0.25, -0.2) is 0 Å². The Kier molecular flexibility index (Phi) is 19.3. The van der Waals surface area contributed by atoms with Crippen LogP contribution in [-0.4, -0.2) is 37.6 Å². The van der Waals surface area contributed by atoms with Crippen LogP contribution in [0, 0.1) is 0 Å². The predicted octanol–water partition coefficient (Wildman–Crippen LogP) is 12.1. The summed E-state index contributed by atoms with van der Waals surface area (Å²) in [4.78, 5) is 5.28. The number of rotatable bonds is 25. The summed E-state index contributed by atoms with van der Waals surface area (Å²) in [5.74, 6) is 4.52. The third kappa shape index (κ3) is 13.0.